The van der Waals surface area contributed by atoms with Crippen LogP contribution in [-0.4, -0.2) is 15.8 Å². The zero-order chi connectivity index (χ0) is 5.11. The van der Waals surface area contributed by atoms with Gasteiger partial charge in [0.2, 0.25) is 0 Å². The number of hydrogen-bond donors (Lipinski definition) is 0. The van der Waals surface area contributed by atoms with Gasteiger partial charge in [0.05, 0.1) is 0 Å². The van der Waals surface area contributed by atoms with Crippen LogP contribution in [0.25, 0.3) is 0 Å². The number of hydrogen-bond acceptors (Lipinski definition) is 2. The normalized spacial score (nSPS) is 8.00. The molecule has 0 spiro atoms. The molecule has 0 saturated carbocycles. The first-order chi connectivity index (χ1) is 3.43. The molecule has 0 atom stereocenters. The second-order valence-electron chi connectivity index (χ2n) is 1.12. The third-order valence-electron chi connectivity index (χ3n) is 0.647. The molecule has 0 aromatic carbocycles. The predicted molar refractivity (Wildman–Crippen MR) is 31.0 cm³/mol. The Morgan fingerprint density at radius 1 is 1.71 bits per heavy atom. The van der Waals surface area contributed by atoms with E-state index in [0.717, 1.165) is 0 Å². The summed E-state index contributed by atoms with van der Waals surface area (Å²) in [5.74, 6) is 0. The second kappa shape index (κ2) is 1.98. The van der Waals surface area contributed by atoms with Gasteiger partial charge in [0.25, 0.3) is 0 Å². The van der Waals surface area contributed by atoms with Crippen molar-refractivity contribution in [3.63, 3.8) is 0 Å². The zero-order valence-corrected chi connectivity index (χ0v) is 4.43. The fourth-order valence-corrected chi connectivity index (χ4v) is 0.456. The van der Waals surface area contributed by atoms with Crippen LogP contribution < -0.4 is 0 Å². The SMILES string of the molecule is S=Bn1ccnc1. The topological polar surface area (TPSA) is 17.8 Å². The van der Waals surface area contributed by atoms with Crippen LogP contribution in [-0.2, 0) is 0 Å². The molecule has 1 rings (SSSR count). The summed E-state index contributed by atoms with van der Waals surface area (Å²) in [7, 11) is 0. The van der Waals surface area contributed by atoms with Crippen molar-refractivity contribution in [3.05, 3.63) is 18.7 Å². The van der Waals surface area contributed by atoms with Gasteiger partial charge in [0, 0.05) is 0 Å². The summed E-state index contributed by atoms with van der Waals surface area (Å²) in [5, 5.41) is 0. The van der Waals surface area contributed by atoms with Crippen molar-refractivity contribution in [2.24, 2.45) is 0 Å². The Bertz CT molecular complexity index is 148. The van der Waals surface area contributed by atoms with Gasteiger partial charge in [0.1, 0.15) is 0 Å². The summed E-state index contributed by atoms with van der Waals surface area (Å²) in [5.41, 5.74) is 0. The molecule has 7 heavy (non-hydrogen) atoms. The average molecular weight is 110 g/mol. The van der Waals surface area contributed by atoms with Gasteiger partial charge < -0.3 is 0 Å². The Kier molecular flexibility index (Phi) is 1.31. The van der Waals surface area contributed by atoms with Gasteiger partial charge in [-0.2, -0.15) is 0 Å². The van der Waals surface area contributed by atoms with Gasteiger partial charge in [-0.3, -0.25) is 0 Å². The van der Waals surface area contributed by atoms with E-state index in [9.17, 15) is 0 Å². The van der Waals surface area contributed by atoms with Crippen molar-refractivity contribution in [1.82, 2.24) is 9.46 Å². The van der Waals surface area contributed by atoms with Gasteiger partial charge in [-0.25, -0.2) is 0 Å². The summed E-state index contributed by atoms with van der Waals surface area (Å²) in [6, 6.07) is 0. The fourth-order valence-electron chi connectivity index (χ4n) is 0.332. The first-order valence-electron chi connectivity index (χ1n) is 1.86. The van der Waals surface area contributed by atoms with Gasteiger partial charge >= 0.3 is 46.5 Å². The van der Waals surface area contributed by atoms with Gasteiger partial charge in [-0.15, -0.1) is 0 Å². The van der Waals surface area contributed by atoms with E-state index in [1.165, 1.54) is 6.29 Å². The van der Waals surface area contributed by atoms with E-state index >= 15 is 0 Å². The standard InChI is InChI=1S/C3H3BN2S/c7-4-6-2-1-5-3-6/h1-3H. The van der Waals surface area contributed by atoms with Crippen LogP contribution >= 0.6 is 12.1 Å². The number of nitrogens with zero attached hydrogens (tertiary/aromatic N) is 2. The Balaban J connectivity index is 2.96. The third-order valence-corrected chi connectivity index (χ3v) is 0.890. The molecule has 1 heterocycles. The average Bonchev–Trinajstić information content (AvgIpc) is 2.14. The van der Waals surface area contributed by atoms with E-state index in [-0.39, 0.29) is 0 Å². The molecule has 0 bridgehead atoms. The molecule has 0 N–H and O–H groups in total. The molecule has 34 valence electrons. The van der Waals surface area contributed by atoms with Gasteiger partial charge in [0.15, 0.2) is 0 Å². The number of rotatable bonds is 1. The van der Waals surface area contributed by atoms with Crippen molar-refractivity contribution in [1.29, 1.82) is 0 Å². The molecule has 0 aliphatic rings. The molecule has 2 nitrogen and oxygen atoms in total. The van der Waals surface area contributed by atoms with Crippen LogP contribution in [0.5, 0.6) is 0 Å². The molecule has 0 aliphatic heterocycles. The summed E-state index contributed by atoms with van der Waals surface area (Å²) in [6.07, 6.45) is 6.63. The molecule has 0 amide bonds. The minimum atomic E-state index is 1.52. The van der Waals surface area contributed by atoms with Crippen LogP contribution in [0.2, 0.25) is 0 Å². The molecule has 0 saturated heterocycles. The van der Waals surface area contributed by atoms with Crippen LogP contribution in [0.1, 0.15) is 0 Å². The Hall–Kier alpha value is -0.505. The summed E-state index contributed by atoms with van der Waals surface area (Å²) >= 11 is 4.57. The molecule has 0 radical (unpaired) electrons. The number of aromatic nitrogens is 2. The van der Waals surface area contributed by atoms with E-state index < -0.39 is 0 Å². The Morgan fingerprint density at radius 3 is 2.86 bits per heavy atom. The summed E-state index contributed by atoms with van der Waals surface area (Å²) < 4.78 is 1.70. The zero-order valence-electron chi connectivity index (χ0n) is 3.61. The maximum atomic E-state index is 4.57. The van der Waals surface area contributed by atoms with E-state index in [4.69, 9.17) is 0 Å². The van der Waals surface area contributed by atoms with Crippen molar-refractivity contribution in [2.75, 3.05) is 0 Å². The monoisotopic (exact) mass is 110 g/mol. The van der Waals surface area contributed by atoms with E-state index in [2.05, 4.69) is 17.0 Å². The molecule has 0 fully saturated rings. The molecule has 0 unspecified atom stereocenters. The quantitative estimate of drug-likeness (QED) is 0.488. The van der Waals surface area contributed by atoms with E-state index in [1.807, 2.05) is 0 Å². The Morgan fingerprint density at radius 2 is 2.57 bits per heavy atom. The van der Waals surface area contributed by atoms with Crippen LogP contribution in [0.3, 0.4) is 0 Å². The van der Waals surface area contributed by atoms with Crippen molar-refractivity contribution in [3.8, 4) is 0 Å². The summed E-state index contributed by atoms with van der Waals surface area (Å²) in [4.78, 5) is 3.76. The van der Waals surface area contributed by atoms with Crippen molar-refractivity contribution >= 4 is 18.3 Å². The minimum absolute atomic E-state index is 1.52. The summed E-state index contributed by atoms with van der Waals surface area (Å²) in [6.45, 7) is 0. The second-order valence-corrected chi connectivity index (χ2v) is 1.33. The van der Waals surface area contributed by atoms with Crippen LogP contribution in [0, 0.1) is 0 Å². The first kappa shape index (κ1) is 4.65. The molecular weight excluding hydrogens is 107 g/mol. The molecule has 1 aromatic heterocycles. The maximum absolute atomic E-state index is 4.57. The first-order valence-corrected chi connectivity index (χ1v) is 2.33. The number of imidazole rings is 1. The molecular formula is C3H3BN2S. The third kappa shape index (κ3) is 0.930. The van der Waals surface area contributed by atoms with Crippen LogP contribution in [0.15, 0.2) is 18.7 Å². The molecule has 0 aliphatic carbocycles. The predicted octanol–water partition coefficient (Wildman–Crippen LogP) is 0.463. The fraction of sp³-hybridized carbons (Fsp3) is 0. The van der Waals surface area contributed by atoms with Gasteiger partial charge in [-0.1, -0.05) is 0 Å². The van der Waals surface area contributed by atoms with E-state index in [1.54, 1.807) is 23.2 Å². The van der Waals surface area contributed by atoms with Crippen molar-refractivity contribution < 1.29 is 0 Å². The molecule has 1 aromatic rings. The van der Waals surface area contributed by atoms with Gasteiger partial charge in [-0.05, 0) is 0 Å². The Labute approximate surface area is 47.3 Å². The van der Waals surface area contributed by atoms with Crippen LogP contribution in [0.4, 0.5) is 0 Å². The van der Waals surface area contributed by atoms with E-state index in [0.29, 0.717) is 0 Å². The van der Waals surface area contributed by atoms with Crippen molar-refractivity contribution in [2.45, 2.75) is 0 Å². The molecule has 4 heteroatoms.